The molecule has 0 amide bonds. The summed E-state index contributed by atoms with van der Waals surface area (Å²) in [5.41, 5.74) is 0.122. The molecule has 0 unspecified atom stereocenters. The molecule has 0 saturated carbocycles. The highest BCUT2D eigenvalue weighted by atomic mass is 15.3. The molecule has 0 saturated heterocycles. The molecule has 0 aromatic heterocycles. The van der Waals surface area contributed by atoms with E-state index < -0.39 is 0 Å². The molecule has 0 bridgehead atoms. The molecule has 1 aliphatic heterocycles. The van der Waals surface area contributed by atoms with E-state index in [1.165, 1.54) is 82.9 Å². The number of hydrogen-bond acceptors (Lipinski definition) is 2. The van der Waals surface area contributed by atoms with Crippen molar-refractivity contribution in [3.8, 4) is 0 Å². The molecular formula is C21H42N2. The fraction of sp³-hybridized carbons (Fsp3) is 0.952. The maximum Gasteiger partial charge on any atom is 0.0999 e. The first-order valence-corrected chi connectivity index (χ1v) is 10.3. The first kappa shape index (κ1) is 20.5. The summed E-state index contributed by atoms with van der Waals surface area (Å²) in [5.74, 6) is 1.36. The molecule has 0 fully saturated rings. The molecule has 1 rings (SSSR count). The minimum atomic E-state index is 0.122. The molecule has 2 heteroatoms. The molecule has 2 nitrogen and oxygen atoms in total. The van der Waals surface area contributed by atoms with Crippen molar-refractivity contribution in [1.29, 1.82) is 0 Å². The molecular weight excluding hydrogens is 280 g/mol. The predicted octanol–water partition coefficient (Wildman–Crippen LogP) is 6.59. The second-order valence-electron chi connectivity index (χ2n) is 8.35. The van der Waals surface area contributed by atoms with Gasteiger partial charge in [-0.15, -0.1) is 0 Å². The van der Waals surface area contributed by atoms with Gasteiger partial charge in [-0.1, -0.05) is 71.1 Å². The third-order valence-corrected chi connectivity index (χ3v) is 4.95. The van der Waals surface area contributed by atoms with Crippen LogP contribution < -0.4 is 0 Å². The Bertz CT molecular complexity index is 331. The van der Waals surface area contributed by atoms with Crippen LogP contribution in [0.3, 0.4) is 0 Å². The van der Waals surface area contributed by atoms with Crippen molar-refractivity contribution < 1.29 is 0 Å². The van der Waals surface area contributed by atoms with Gasteiger partial charge in [0, 0.05) is 19.0 Å². The Balaban J connectivity index is 2.02. The lowest BCUT2D eigenvalue weighted by Crippen LogP contribution is -2.37. The van der Waals surface area contributed by atoms with Crippen LogP contribution in [-0.2, 0) is 0 Å². The average molecular weight is 323 g/mol. The zero-order valence-electron chi connectivity index (χ0n) is 16.7. The molecule has 0 radical (unpaired) electrons. The Hall–Kier alpha value is -0.530. The normalized spacial score (nSPS) is 17.1. The molecule has 0 spiro atoms. The van der Waals surface area contributed by atoms with Gasteiger partial charge in [0.15, 0.2) is 0 Å². The van der Waals surface area contributed by atoms with Crippen LogP contribution in [0.4, 0.5) is 0 Å². The largest absolute Gasteiger partial charge is 0.356 e. The van der Waals surface area contributed by atoms with E-state index >= 15 is 0 Å². The number of aliphatic imine (C=N–C) groups is 1. The van der Waals surface area contributed by atoms with E-state index in [1.807, 2.05) is 0 Å². The standard InChI is InChI=1S/C21H42N2/c1-6-7-8-9-10-11-12-13-14-15-16-17-20-22-21(4,5)18-23(20)19(2)3/h19H,6-18H2,1-5H3. The van der Waals surface area contributed by atoms with Crippen molar-refractivity contribution in [2.24, 2.45) is 4.99 Å². The summed E-state index contributed by atoms with van der Waals surface area (Å²) in [6.45, 7) is 12.5. The van der Waals surface area contributed by atoms with E-state index in [1.54, 1.807) is 0 Å². The van der Waals surface area contributed by atoms with Gasteiger partial charge in [-0.05, 0) is 34.1 Å². The van der Waals surface area contributed by atoms with Crippen LogP contribution in [0.2, 0.25) is 0 Å². The topological polar surface area (TPSA) is 15.6 Å². The first-order valence-electron chi connectivity index (χ1n) is 10.3. The fourth-order valence-corrected chi connectivity index (χ4v) is 3.58. The van der Waals surface area contributed by atoms with Crippen LogP contribution in [0.1, 0.15) is 112 Å². The summed E-state index contributed by atoms with van der Waals surface area (Å²) in [4.78, 5) is 7.46. The lowest BCUT2D eigenvalue weighted by atomic mass is 10.0. The quantitative estimate of drug-likeness (QED) is 0.349. The fourth-order valence-electron chi connectivity index (χ4n) is 3.58. The number of nitrogens with zero attached hydrogens (tertiary/aromatic N) is 2. The highest BCUT2D eigenvalue weighted by Crippen LogP contribution is 2.24. The smallest absolute Gasteiger partial charge is 0.0999 e. The molecule has 1 heterocycles. The Morgan fingerprint density at radius 3 is 1.83 bits per heavy atom. The highest BCUT2D eigenvalue weighted by Gasteiger charge is 2.31. The number of unbranched alkanes of at least 4 members (excludes halogenated alkanes) is 10. The van der Waals surface area contributed by atoms with E-state index in [2.05, 4.69) is 39.5 Å². The number of hydrogen-bond donors (Lipinski definition) is 0. The van der Waals surface area contributed by atoms with Crippen LogP contribution in [0.25, 0.3) is 0 Å². The van der Waals surface area contributed by atoms with E-state index in [4.69, 9.17) is 4.99 Å². The summed E-state index contributed by atoms with van der Waals surface area (Å²) >= 11 is 0. The minimum absolute atomic E-state index is 0.122. The van der Waals surface area contributed by atoms with E-state index in [0.29, 0.717) is 6.04 Å². The second-order valence-corrected chi connectivity index (χ2v) is 8.35. The zero-order chi connectivity index (χ0) is 17.1. The van der Waals surface area contributed by atoms with Crippen molar-refractivity contribution in [3.05, 3.63) is 0 Å². The summed E-state index contributed by atoms with van der Waals surface area (Å²) in [6.07, 6.45) is 16.7. The van der Waals surface area contributed by atoms with Gasteiger partial charge in [-0.2, -0.15) is 0 Å². The molecule has 0 aromatic carbocycles. The lowest BCUT2D eigenvalue weighted by molar-refractivity contribution is 0.320. The predicted molar refractivity (Wildman–Crippen MR) is 104 cm³/mol. The molecule has 0 N–H and O–H groups in total. The summed E-state index contributed by atoms with van der Waals surface area (Å²) < 4.78 is 0. The third kappa shape index (κ3) is 8.77. The Morgan fingerprint density at radius 2 is 1.35 bits per heavy atom. The monoisotopic (exact) mass is 322 g/mol. The highest BCUT2D eigenvalue weighted by molar-refractivity contribution is 5.84. The maximum absolute atomic E-state index is 4.95. The Morgan fingerprint density at radius 1 is 0.870 bits per heavy atom. The van der Waals surface area contributed by atoms with Crippen LogP contribution in [0, 0.1) is 0 Å². The average Bonchev–Trinajstić information content (AvgIpc) is 2.80. The molecule has 23 heavy (non-hydrogen) atoms. The van der Waals surface area contributed by atoms with Gasteiger partial charge in [-0.3, -0.25) is 4.99 Å². The van der Waals surface area contributed by atoms with Crippen LogP contribution in [0.5, 0.6) is 0 Å². The van der Waals surface area contributed by atoms with Gasteiger partial charge in [0.1, 0.15) is 0 Å². The molecule has 136 valence electrons. The van der Waals surface area contributed by atoms with Crippen molar-refractivity contribution >= 4 is 5.84 Å². The van der Waals surface area contributed by atoms with Gasteiger partial charge in [0.2, 0.25) is 0 Å². The second kappa shape index (κ2) is 11.1. The van der Waals surface area contributed by atoms with Gasteiger partial charge in [0.25, 0.3) is 0 Å². The third-order valence-electron chi connectivity index (χ3n) is 4.95. The Labute approximate surface area is 146 Å². The Kier molecular flexibility index (Phi) is 9.90. The summed E-state index contributed by atoms with van der Waals surface area (Å²) in [6, 6.07) is 0.586. The molecule has 0 atom stereocenters. The number of rotatable bonds is 13. The molecule has 0 aromatic rings. The molecule has 0 aliphatic carbocycles. The van der Waals surface area contributed by atoms with Crippen LogP contribution in [-0.4, -0.2) is 28.9 Å². The van der Waals surface area contributed by atoms with E-state index in [9.17, 15) is 0 Å². The minimum Gasteiger partial charge on any atom is -0.356 e. The summed E-state index contributed by atoms with van der Waals surface area (Å²) in [5, 5.41) is 0. The SMILES string of the molecule is CCCCCCCCCCCCCC1=NC(C)(C)CN1C(C)C. The number of amidine groups is 1. The van der Waals surface area contributed by atoms with Crippen molar-refractivity contribution in [2.75, 3.05) is 6.54 Å². The first-order chi connectivity index (χ1) is 11.0. The molecule has 1 aliphatic rings. The van der Waals surface area contributed by atoms with Crippen molar-refractivity contribution in [2.45, 2.75) is 123 Å². The van der Waals surface area contributed by atoms with Gasteiger partial charge in [0.05, 0.1) is 11.4 Å². The van der Waals surface area contributed by atoms with Gasteiger partial charge < -0.3 is 4.90 Å². The van der Waals surface area contributed by atoms with Crippen molar-refractivity contribution in [3.63, 3.8) is 0 Å². The van der Waals surface area contributed by atoms with Gasteiger partial charge in [-0.25, -0.2) is 0 Å². The zero-order valence-corrected chi connectivity index (χ0v) is 16.7. The van der Waals surface area contributed by atoms with Crippen molar-refractivity contribution in [1.82, 2.24) is 4.90 Å². The van der Waals surface area contributed by atoms with E-state index in [-0.39, 0.29) is 5.54 Å². The lowest BCUT2D eigenvalue weighted by Gasteiger charge is -2.26. The van der Waals surface area contributed by atoms with Crippen LogP contribution in [0.15, 0.2) is 4.99 Å². The van der Waals surface area contributed by atoms with Gasteiger partial charge >= 0.3 is 0 Å². The maximum atomic E-state index is 4.95. The summed E-state index contributed by atoms with van der Waals surface area (Å²) in [7, 11) is 0. The van der Waals surface area contributed by atoms with E-state index in [0.717, 1.165) is 6.54 Å². The van der Waals surface area contributed by atoms with Crippen LogP contribution >= 0.6 is 0 Å².